The molecule has 0 N–H and O–H groups in total. The Labute approximate surface area is 233 Å². The summed E-state index contributed by atoms with van der Waals surface area (Å²) >= 11 is 0. The molecule has 1 heterocycles. The van der Waals surface area contributed by atoms with Crippen molar-refractivity contribution in [3.63, 3.8) is 0 Å². The van der Waals surface area contributed by atoms with E-state index in [0.29, 0.717) is 11.1 Å². The number of carbonyl (C=O) groups is 2. The highest BCUT2D eigenvalue weighted by Gasteiger charge is 2.17. The van der Waals surface area contributed by atoms with Gasteiger partial charge in [-0.15, -0.1) is 0 Å². The second-order valence-electron chi connectivity index (χ2n) is 9.73. The van der Waals surface area contributed by atoms with Gasteiger partial charge in [-0.2, -0.15) is 20.5 Å². The lowest BCUT2D eigenvalue weighted by Gasteiger charge is -2.37. The topological polar surface area (TPSA) is 90.1 Å². The summed E-state index contributed by atoms with van der Waals surface area (Å²) in [5, 5.41) is 17.4. The van der Waals surface area contributed by atoms with Crippen molar-refractivity contribution < 1.29 is 9.59 Å². The van der Waals surface area contributed by atoms with Crippen LogP contribution in [-0.2, 0) is 0 Å². The third-order valence-electron chi connectivity index (χ3n) is 6.97. The van der Waals surface area contributed by atoms with E-state index in [1.807, 2.05) is 62.4 Å². The fraction of sp³-hybridized carbons (Fsp3) is 0.188. The van der Waals surface area contributed by atoms with Crippen molar-refractivity contribution in [2.24, 2.45) is 20.5 Å². The third kappa shape index (κ3) is 6.35. The highest BCUT2D eigenvalue weighted by atomic mass is 16.1. The van der Waals surface area contributed by atoms with Gasteiger partial charge in [0.15, 0.2) is 0 Å². The van der Waals surface area contributed by atoms with Gasteiger partial charge in [-0.1, -0.05) is 0 Å². The molecule has 8 heteroatoms. The zero-order valence-corrected chi connectivity index (χ0v) is 22.6. The first kappa shape index (κ1) is 26.6. The molecule has 4 aromatic carbocycles. The van der Waals surface area contributed by atoms with Crippen LogP contribution in [0.5, 0.6) is 0 Å². The number of azo groups is 2. The standard InChI is InChI=1S/C32H30N6O2/c1-23-19-25(21-39)3-13-31(23)35-33-27-5-9-29(10-6-27)37-15-17-38(18-16-37)30-11-7-28(8-12-30)34-36-32-14-4-26(22-40)20-24(32)2/h3-14,19-22H,15-18H2,1-2H3. The first-order chi connectivity index (χ1) is 19.5. The zero-order chi connectivity index (χ0) is 27.9. The molecule has 1 fully saturated rings. The first-order valence-electron chi connectivity index (χ1n) is 13.2. The summed E-state index contributed by atoms with van der Waals surface area (Å²) in [4.78, 5) is 26.6. The summed E-state index contributed by atoms with van der Waals surface area (Å²) in [6, 6.07) is 27.0. The van der Waals surface area contributed by atoms with Crippen LogP contribution in [0.3, 0.4) is 0 Å². The molecule has 8 nitrogen and oxygen atoms in total. The summed E-state index contributed by atoms with van der Waals surface area (Å²) < 4.78 is 0. The van der Waals surface area contributed by atoms with E-state index < -0.39 is 0 Å². The van der Waals surface area contributed by atoms with E-state index in [4.69, 9.17) is 0 Å². The fourth-order valence-corrected chi connectivity index (χ4v) is 4.63. The van der Waals surface area contributed by atoms with Crippen LogP contribution in [0.25, 0.3) is 0 Å². The van der Waals surface area contributed by atoms with Crippen molar-refractivity contribution in [1.29, 1.82) is 0 Å². The molecule has 0 saturated carbocycles. The van der Waals surface area contributed by atoms with E-state index in [0.717, 1.165) is 84.0 Å². The molecular weight excluding hydrogens is 500 g/mol. The lowest BCUT2D eigenvalue weighted by molar-refractivity contribution is 0.111. The average Bonchev–Trinajstić information content (AvgIpc) is 3.00. The Morgan fingerprint density at radius 3 is 1.23 bits per heavy atom. The maximum absolute atomic E-state index is 10.9. The Bertz CT molecular complexity index is 1430. The van der Waals surface area contributed by atoms with Gasteiger partial charge in [-0.3, -0.25) is 9.59 Å². The molecule has 0 radical (unpaired) electrons. The normalized spacial score (nSPS) is 13.8. The molecular formula is C32H30N6O2. The highest BCUT2D eigenvalue weighted by molar-refractivity contribution is 5.77. The lowest BCUT2D eigenvalue weighted by atomic mass is 10.1. The smallest absolute Gasteiger partial charge is 0.150 e. The van der Waals surface area contributed by atoms with Gasteiger partial charge in [0, 0.05) is 48.7 Å². The largest absolute Gasteiger partial charge is 0.368 e. The molecule has 4 aromatic rings. The van der Waals surface area contributed by atoms with Crippen molar-refractivity contribution in [1.82, 2.24) is 0 Å². The van der Waals surface area contributed by atoms with E-state index >= 15 is 0 Å². The zero-order valence-electron chi connectivity index (χ0n) is 22.6. The minimum absolute atomic E-state index is 0.634. The Hall–Kier alpha value is -4.98. The lowest BCUT2D eigenvalue weighted by Crippen LogP contribution is -2.46. The van der Waals surface area contributed by atoms with Gasteiger partial charge in [0.1, 0.15) is 12.6 Å². The molecule has 40 heavy (non-hydrogen) atoms. The molecule has 200 valence electrons. The average molecular weight is 531 g/mol. The van der Waals surface area contributed by atoms with Crippen molar-refractivity contribution in [2.75, 3.05) is 36.0 Å². The molecule has 5 rings (SSSR count). The predicted molar refractivity (Wildman–Crippen MR) is 159 cm³/mol. The molecule has 0 bridgehead atoms. The van der Waals surface area contributed by atoms with Crippen LogP contribution in [0.2, 0.25) is 0 Å². The molecule has 0 spiro atoms. The van der Waals surface area contributed by atoms with Crippen LogP contribution in [0, 0.1) is 13.8 Å². The van der Waals surface area contributed by atoms with Crippen LogP contribution < -0.4 is 9.80 Å². The van der Waals surface area contributed by atoms with Crippen molar-refractivity contribution >= 4 is 46.7 Å². The Balaban J connectivity index is 1.15. The van der Waals surface area contributed by atoms with Crippen LogP contribution in [0.1, 0.15) is 31.8 Å². The fourth-order valence-electron chi connectivity index (χ4n) is 4.63. The third-order valence-corrected chi connectivity index (χ3v) is 6.97. The van der Waals surface area contributed by atoms with Gasteiger partial charge in [0.25, 0.3) is 0 Å². The molecule has 0 atom stereocenters. The molecule has 1 saturated heterocycles. The molecule has 0 aliphatic carbocycles. The van der Waals surface area contributed by atoms with Gasteiger partial charge < -0.3 is 9.80 Å². The number of aryl methyl sites for hydroxylation is 2. The van der Waals surface area contributed by atoms with Crippen LogP contribution in [0.4, 0.5) is 34.1 Å². The van der Waals surface area contributed by atoms with Gasteiger partial charge in [-0.05, 0) is 110 Å². The van der Waals surface area contributed by atoms with E-state index in [-0.39, 0.29) is 0 Å². The number of piperazine rings is 1. The van der Waals surface area contributed by atoms with Crippen molar-refractivity contribution in [3.05, 3.63) is 107 Å². The number of hydrogen-bond donors (Lipinski definition) is 0. The molecule has 0 aromatic heterocycles. The number of hydrogen-bond acceptors (Lipinski definition) is 8. The summed E-state index contributed by atoms with van der Waals surface area (Å²) in [6.45, 7) is 7.51. The highest BCUT2D eigenvalue weighted by Crippen LogP contribution is 2.28. The first-order valence-corrected chi connectivity index (χ1v) is 13.2. The SMILES string of the molecule is Cc1cc(C=O)ccc1N=Nc1ccc(N2CCN(c3ccc(N=Nc4ccc(C=O)cc4C)cc3)CC2)cc1. The summed E-state index contributed by atoms with van der Waals surface area (Å²) in [5.41, 5.74) is 8.50. The van der Waals surface area contributed by atoms with Gasteiger partial charge in [0.05, 0.1) is 22.7 Å². The molecule has 0 unspecified atom stereocenters. The minimum atomic E-state index is 0.634. The molecule has 1 aliphatic rings. The Kier molecular flexibility index (Phi) is 8.15. The summed E-state index contributed by atoms with van der Waals surface area (Å²) in [7, 11) is 0. The van der Waals surface area contributed by atoms with E-state index in [9.17, 15) is 9.59 Å². The second kappa shape index (κ2) is 12.3. The van der Waals surface area contributed by atoms with Crippen LogP contribution >= 0.6 is 0 Å². The minimum Gasteiger partial charge on any atom is -0.368 e. The Morgan fingerprint density at radius 1 is 0.525 bits per heavy atom. The number of anilines is 2. The van der Waals surface area contributed by atoms with Crippen molar-refractivity contribution in [2.45, 2.75) is 13.8 Å². The summed E-state index contributed by atoms with van der Waals surface area (Å²) in [6.07, 6.45) is 1.66. The number of aldehydes is 2. The maximum atomic E-state index is 10.9. The van der Waals surface area contributed by atoms with E-state index in [1.165, 1.54) is 0 Å². The number of benzene rings is 4. The number of nitrogens with zero attached hydrogens (tertiary/aromatic N) is 6. The van der Waals surface area contributed by atoms with E-state index in [2.05, 4.69) is 54.5 Å². The molecule has 0 amide bonds. The number of rotatable bonds is 8. The summed E-state index contributed by atoms with van der Waals surface area (Å²) in [5.74, 6) is 0. The maximum Gasteiger partial charge on any atom is 0.150 e. The van der Waals surface area contributed by atoms with Gasteiger partial charge in [0.2, 0.25) is 0 Å². The van der Waals surface area contributed by atoms with E-state index in [1.54, 1.807) is 12.1 Å². The van der Waals surface area contributed by atoms with Crippen LogP contribution in [-0.4, -0.2) is 38.8 Å². The molecule has 1 aliphatic heterocycles. The monoisotopic (exact) mass is 530 g/mol. The quantitative estimate of drug-likeness (QED) is 0.170. The predicted octanol–water partition coefficient (Wildman–Crippen LogP) is 8.09. The van der Waals surface area contributed by atoms with Crippen LogP contribution in [0.15, 0.2) is 105 Å². The number of carbonyl (C=O) groups excluding carboxylic acids is 2. The van der Waals surface area contributed by atoms with Gasteiger partial charge in [-0.25, -0.2) is 0 Å². The second-order valence-corrected chi connectivity index (χ2v) is 9.73. The van der Waals surface area contributed by atoms with Gasteiger partial charge >= 0.3 is 0 Å². The van der Waals surface area contributed by atoms with Crippen molar-refractivity contribution in [3.8, 4) is 0 Å². The Morgan fingerprint density at radius 2 is 0.900 bits per heavy atom.